The summed E-state index contributed by atoms with van der Waals surface area (Å²) in [6.45, 7) is 9.88. The maximum atomic E-state index is 14.2. The summed E-state index contributed by atoms with van der Waals surface area (Å²) in [6.07, 6.45) is 2.42. The predicted molar refractivity (Wildman–Crippen MR) is 218 cm³/mol. The molecule has 59 heavy (non-hydrogen) atoms. The van der Waals surface area contributed by atoms with Crippen molar-refractivity contribution in [1.82, 2.24) is 30.7 Å². The van der Waals surface area contributed by atoms with E-state index in [9.17, 15) is 38.7 Å². The smallest absolute Gasteiger partial charge is 0.407 e. The summed E-state index contributed by atoms with van der Waals surface area (Å²) in [6, 6.07) is 10.3. The summed E-state index contributed by atoms with van der Waals surface area (Å²) in [4.78, 5) is 98.3. The average Bonchev–Trinajstić information content (AvgIpc) is 4.04. The van der Waals surface area contributed by atoms with E-state index in [1.807, 2.05) is 62.4 Å². The number of aliphatic carboxylic acids is 1. The molecule has 4 N–H and O–H groups in total. The Bertz CT molecular complexity index is 1890. The van der Waals surface area contributed by atoms with Crippen LogP contribution in [-0.4, -0.2) is 124 Å². The lowest BCUT2D eigenvalue weighted by Crippen LogP contribution is -2.59. The Morgan fingerprint density at radius 3 is 1.73 bits per heavy atom. The summed E-state index contributed by atoms with van der Waals surface area (Å²) in [5.74, 6) is -3.93. The Kier molecular flexibility index (Phi) is 13.6. The zero-order valence-electron chi connectivity index (χ0n) is 34.6. The van der Waals surface area contributed by atoms with Crippen molar-refractivity contribution < 1.29 is 43.4 Å². The van der Waals surface area contributed by atoms with Crippen LogP contribution in [0.5, 0.6) is 0 Å². The third kappa shape index (κ3) is 9.39. The molecule has 6 amide bonds. The van der Waals surface area contributed by atoms with Crippen molar-refractivity contribution in [3.8, 4) is 11.1 Å². The van der Waals surface area contributed by atoms with Crippen LogP contribution in [0.1, 0.15) is 96.6 Å². The number of carbonyl (C=O) groups is 7. The number of carboxylic acid groups (broad SMARTS) is 1. The van der Waals surface area contributed by atoms with Crippen molar-refractivity contribution in [3.63, 3.8) is 0 Å². The van der Waals surface area contributed by atoms with Crippen LogP contribution in [0.3, 0.4) is 0 Å². The molecular weight excluding hydrogens is 757 g/mol. The number of nitrogens with zero attached hydrogens (tertiary/aromatic N) is 3. The predicted octanol–water partition coefficient (Wildman–Crippen LogP) is 3.64. The molecule has 0 radical (unpaired) electrons. The molecule has 2 aromatic carbocycles. The van der Waals surface area contributed by atoms with Gasteiger partial charge in [0.1, 0.15) is 42.9 Å². The molecule has 6 atom stereocenters. The van der Waals surface area contributed by atoms with E-state index in [0.29, 0.717) is 58.2 Å². The first-order valence-electron chi connectivity index (χ1n) is 21.0. The number of hydrogen-bond acceptors (Lipinski definition) is 8. The largest absolute Gasteiger partial charge is 0.480 e. The minimum Gasteiger partial charge on any atom is -0.480 e. The third-order valence-corrected chi connectivity index (χ3v) is 12.1. The molecule has 0 saturated carbocycles. The lowest BCUT2D eigenvalue weighted by atomic mass is 9.98. The molecule has 0 bridgehead atoms. The van der Waals surface area contributed by atoms with Gasteiger partial charge in [0.15, 0.2) is 0 Å². The van der Waals surface area contributed by atoms with E-state index in [2.05, 4.69) is 16.0 Å². The number of likely N-dealkylation sites (tertiary alicyclic amines) is 3. The van der Waals surface area contributed by atoms with E-state index in [4.69, 9.17) is 4.74 Å². The van der Waals surface area contributed by atoms with Crippen LogP contribution in [0.4, 0.5) is 4.79 Å². The molecule has 2 aromatic rings. The Morgan fingerprint density at radius 2 is 1.19 bits per heavy atom. The summed E-state index contributed by atoms with van der Waals surface area (Å²) in [5.41, 5.74) is 4.30. The molecule has 318 valence electrons. The van der Waals surface area contributed by atoms with Crippen molar-refractivity contribution in [2.24, 2.45) is 11.8 Å². The highest BCUT2D eigenvalue weighted by Gasteiger charge is 2.46. The number of benzene rings is 2. The summed E-state index contributed by atoms with van der Waals surface area (Å²) in [7, 11) is 0. The monoisotopic (exact) mass is 814 g/mol. The van der Waals surface area contributed by atoms with E-state index in [1.165, 1.54) is 21.6 Å². The number of carboxylic acids is 1. The molecule has 3 aliphatic heterocycles. The molecule has 1 aliphatic carbocycles. The maximum absolute atomic E-state index is 14.2. The molecule has 3 saturated heterocycles. The number of ether oxygens (including phenoxy) is 1. The summed E-state index contributed by atoms with van der Waals surface area (Å²) < 4.78 is 5.68. The van der Waals surface area contributed by atoms with Crippen LogP contribution in [0.25, 0.3) is 11.1 Å². The second-order valence-electron chi connectivity index (χ2n) is 17.0. The van der Waals surface area contributed by atoms with Crippen LogP contribution < -0.4 is 16.0 Å². The van der Waals surface area contributed by atoms with Gasteiger partial charge in [-0.3, -0.25) is 24.0 Å². The molecule has 4 aliphatic rings. The van der Waals surface area contributed by atoms with Crippen molar-refractivity contribution in [2.75, 3.05) is 26.2 Å². The van der Waals surface area contributed by atoms with E-state index in [0.717, 1.165) is 22.3 Å². The van der Waals surface area contributed by atoms with E-state index < -0.39 is 66.0 Å². The number of carbonyl (C=O) groups excluding carboxylic acids is 6. The van der Waals surface area contributed by atoms with Gasteiger partial charge in [-0.1, -0.05) is 76.2 Å². The van der Waals surface area contributed by atoms with Crippen LogP contribution in [0.2, 0.25) is 0 Å². The Labute approximate surface area is 345 Å². The van der Waals surface area contributed by atoms with Crippen LogP contribution in [0.15, 0.2) is 48.5 Å². The lowest BCUT2D eigenvalue weighted by molar-refractivity contribution is -0.153. The number of alkyl carbamates (subject to hydrolysis) is 1. The molecule has 3 fully saturated rings. The second kappa shape index (κ2) is 18.6. The van der Waals surface area contributed by atoms with Gasteiger partial charge in [-0.15, -0.1) is 0 Å². The molecule has 6 rings (SSSR count). The first kappa shape index (κ1) is 43.1. The molecule has 0 aromatic heterocycles. The van der Waals surface area contributed by atoms with Gasteiger partial charge in [0.05, 0.1) is 0 Å². The fraction of sp³-hybridized carbons (Fsp3) is 0.568. The SMILES string of the molecule is CC(C)C[C@H](NC(=O)[C@H](C)NC(=O)[C@@H](NC(=O)OCC1c2ccccc2-c2ccccc21)C(C)C)C(=O)N1CCC[C@H]1C(=O)N1CCC[C@H]1C(=O)N1CCC[C@H]1C(=O)O. The van der Waals surface area contributed by atoms with Crippen molar-refractivity contribution in [1.29, 1.82) is 0 Å². The van der Waals surface area contributed by atoms with Crippen molar-refractivity contribution >= 4 is 41.6 Å². The highest BCUT2D eigenvalue weighted by Crippen LogP contribution is 2.44. The van der Waals surface area contributed by atoms with Crippen LogP contribution in [0, 0.1) is 11.8 Å². The number of hydrogen-bond donors (Lipinski definition) is 4. The second-order valence-corrected chi connectivity index (χ2v) is 17.0. The van der Waals surface area contributed by atoms with Gasteiger partial charge in [0, 0.05) is 25.6 Å². The molecular formula is C44H58N6O9. The topological polar surface area (TPSA) is 195 Å². The van der Waals surface area contributed by atoms with Gasteiger partial charge in [0.2, 0.25) is 29.5 Å². The van der Waals surface area contributed by atoms with E-state index >= 15 is 0 Å². The molecule has 15 nitrogen and oxygen atoms in total. The minimum absolute atomic E-state index is 0.0131. The number of nitrogens with one attached hydrogen (secondary N) is 3. The highest BCUT2D eigenvalue weighted by atomic mass is 16.5. The number of fused-ring (bicyclic) bond motifs is 3. The summed E-state index contributed by atoms with van der Waals surface area (Å²) >= 11 is 0. The quantitative estimate of drug-likeness (QED) is 0.220. The van der Waals surface area contributed by atoms with Gasteiger partial charge in [-0.25, -0.2) is 9.59 Å². The fourth-order valence-electron chi connectivity index (χ4n) is 9.11. The maximum Gasteiger partial charge on any atom is 0.407 e. The van der Waals surface area contributed by atoms with Crippen molar-refractivity contribution in [2.45, 2.75) is 122 Å². The average molecular weight is 815 g/mol. The van der Waals surface area contributed by atoms with Gasteiger partial charge >= 0.3 is 12.1 Å². The number of rotatable bonds is 14. The standard InChI is InChI=1S/C44H58N6O9/c1-25(2)23-33(40(53)48-20-10-17-34(48)41(54)49-21-11-18-35(49)42(55)50-22-12-19-36(50)43(56)57)46-38(51)27(5)45-39(52)37(26(3)4)47-44(58)59-24-32-30-15-8-6-13-28(30)29-14-7-9-16-31(29)32/h6-9,13-16,25-27,32-37H,10-12,17-24H2,1-5H3,(H,45,52)(H,46,51)(H,47,58)(H,56,57)/t27-,33-,34-,35-,36-,37-/m0/s1. The Balaban J connectivity index is 1.05. The molecule has 0 unspecified atom stereocenters. The first-order valence-corrected chi connectivity index (χ1v) is 21.0. The van der Waals surface area contributed by atoms with E-state index in [-0.39, 0.29) is 42.6 Å². The van der Waals surface area contributed by atoms with E-state index in [1.54, 1.807) is 13.8 Å². The zero-order chi connectivity index (χ0) is 42.5. The molecule has 3 heterocycles. The highest BCUT2D eigenvalue weighted by molar-refractivity contribution is 5.97. The molecule has 15 heteroatoms. The fourth-order valence-corrected chi connectivity index (χ4v) is 9.11. The summed E-state index contributed by atoms with van der Waals surface area (Å²) in [5, 5.41) is 17.8. The van der Waals surface area contributed by atoms with Crippen LogP contribution in [-0.2, 0) is 33.5 Å². The third-order valence-electron chi connectivity index (χ3n) is 12.1. The molecule has 0 spiro atoms. The van der Waals surface area contributed by atoms with Gasteiger partial charge in [-0.2, -0.15) is 0 Å². The first-order chi connectivity index (χ1) is 28.2. The Hall–Kier alpha value is -5.47. The number of amides is 6. The zero-order valence-corrected chi connectivity index (χ0v) is 34.6. The van der Waals surface area contributed by atoms with Gasteiger partial charge in [-0.05, 0) is 86.0 Å². The van der Waals surface area contributed by atoms with Gasteiger partial charge < -0.3 is 40.5 Å². The van der Waals surface area contributed by atoms with Crippen molar-refractivity contribution in [3.05, 3.63) is 59.7 Å². The van der Waals surface area contributed by atoms with Crippen LogP contribution >= 0.6 is 0 Å². The lowest BCUT2D eigenvalue weighted by Gasteiger charge is -2.35. The normalized spacial score (nSPS) is 21.5. The van der Waals surface area contributed by atoms with Gasteiger partial charge in [0.25, 0.3) is 0 Å². The Morgan fingerprint density at radius 1 is 0.678 bits per heavy atom. The minimum atomic E-state index is -1.08.